The van der Waals surface area contributed by atoms with Crippen molar-refractivity contribution in [1.82, 2.24) is 15.3 Å². The van der Waals surface area contributed by atoms with Gasteiger partial charge < -0.3 is 15.0 Å². The normalized spacial score (nSPS) is 23.3. The molecule has 2 fully saturated rings. The van der Waals surface area contributed by atoms with Crippen LogP contribution in [0.4, 0.5) is 5.82 Å². The Morgan fingerprint density at radius 2 is 2.18 bits per heavy atom. The molecule has 0 saturated carbocycles. The molecule has 2 aliphatic rings. The summed E-state index contributed by atoms with van der Waals surface area (Å²) >= 11 is 0. The number of carbonyl (C=O) groups excluding carboxylic acids is 1. The number of amides is 1. The van der Waals surface area contributed by atoms with Gasteiger partial charge in [-0.05, 0) is 31.6 Å². The van der Waals surface area contributed by atoms with E-state index in [9.17, 15) is 4.79 Å². The quantitative estimate of drug-likeness (QED) is 0.910. The van der Waals surface area contributed by atoms with E-state index in [0.717, 1.165) is 57.8 Å². The van der Waals surface area contributed by atoms with Gasteiger partial charge in [-0.25, -0.2) is 4.98 Å². The standard InChI is InChI=1S/C16H24N4O2/c21-16(10-13-2-1-9-22-12-13)19-14-3-7-20(8-4-14)15-11-17-5-6-18-15/h5-6,11,13-14H,1-4,7-10,12H2,(H,19,21)/t13-/m0/s1. The van der Waals surface area contributed by atoms with E-state index in [1.807, 2.05) is 0 Å². The van der Waals surface area contributed by atoms with Crippen LogP contribution in [0.25, 0.3) is 0 Å². The van der Waals surface area contributed by atoms with Crippen molar-refractivity contribution in [3.63, 3.8) is 0 Å². The van der Waals surface area contributed by atoms with Crippen molar-refractivity contribution in [2.75, 3.05) is 31.2 Å². The van der Waals surface area contributed by atoms with E-state index in [4.69, 9.17) is 4.74 Å². The zero-order valence-corrected chi connectivity index (χ0v) is 12.9. The molecule has 1 atom stereocenters. The van der Waals surface area contributed by atoms with E-state index in [1.165, 1.54) is 0 Å². The second kappa shape index (κ2) is 7.54. The summed E-state index contributed by atoms with van der Waals surface area (Å²) in [5, 5.41) is 3.18. The van der Waals surface area contributed by atoms with Crippen LogP contribution in [0.5, 0.6) is 0 Å². The summed E-state index contributed by atoms with van der Waals surface area (Å²) in [6.07, 6.45) is 9.91. The van der Waals surface area contributed by atoms with Crippen LogP contribution in [0.15, 0.2) is 18.6 Å². The third-order valence-corrected chi connectivity index (χ3v) is 4.46. The maximum atomic E-state index is 12.1. The summed E-state index contributed by atoms with van der Waals surface area (Å²) in [5.74, 6) is 1.49. The van der Waals surface area contributed by atoms with Gasteiger partial charge in [0.1, 0.15) is 5.82 Å². The van der Waals surface area contributed by atoms with Crippen LogP contribution in [0.2, 0.25) is 0 Å². The Hall–Kier alpha value is -1.69. The maximum absolute atomic E-state index is 12.1. The lowest BCUT2D eigenvalue weighted by Crippen LogP contribution is -2.45. The summed E-state index contributed by atoms with van der Waals surface area (Å²) in [5.41, 5.74) is 0. The average molecular weight is 304 g/mol. The molecule has 0 radical (unpaired) electrons. The molecular weight excluding hydrogens is 280 g/mol. The predicted molar refractivity (Wildman–Crippen MR) is 83.6 cm³/mol. The Balaban J connectivity index is 1.41. The first-order valence-corrected chi connectivity index (χ1v) is 8.19. The van der Waals surface area contributed by atoms with Crippen LogP contribution >= 0.6 is 0 Å². The van der Waals surface area contributed by atoms with Crippen LogP contribution in [0.1, 0.15) is 32.1 Å². The summed E-state index contributed by atoms with van der Waals surface area (Å²) in [6.45, 7) is 3.41. The highest BCUT2D eigenvalue weighted by atomic mass is 16.5. The lowest BCUT2D eigenvalue weighted by Gasteiger charge is -2.33. The average Bonchev–Trinajstić information content (AvgIpc) is 2.57. The Morgan fingerprint density at radius 3 is 2.86 bits per heavy atom. The van der Waals surface area contributed by atoms with Crippen molar-refractivity contribution < 1.29 is 9.53 Å². The molecule has 22 heavy (non-hydrogen) atoms. The third kappa shape index (κ3) is 4.16. The zero-order chi connectivity index (χ0) is 15.2. The minimum absolute atomic E-state index is 0.174. The van der Waals surface area contributed by atoms with Crippen LogP contribution in [-0.2, 0) is 9.53 Å². The number of nitrogens with one attached hydrogen (secondary N) is 1. The summed E-state index contributed by atoms with van der Waals surface area (Å²) < 4.78 is 5.44. The maximum Gasteiger partial charge on any atom is 0.220 e. The topological polar surface area (TPSA) is 67.3 Å². The van der Waals surface area contributed by atoms with Gasteiger partial charge in [0.2, 0.25) is 5.91 Å². The fourth-order valence-electron chi connectivity index (χ4n) is 3.22. The highest BCUT2D eigenvalue weighted by molar-refractivity contribution is 5.76. The molecular formula is C16H24N4O2. The lowest BCUT2D eigenvalue weighted by molar-refractivity contribution is -0.123. The van der Waals surface area contributed by atoms with Crippen molar-refractivity contribution >= 4 is 11.7 Å². The van der Waals surface area contributed by atoms with Gasteiger partial charge in [0.25, 0.3) is 0 Å². The Bertz CT molecular complexity index is 468. The number of ether oxygens (including phenoxy) is 1. The van der Waals surface area contributed by atoms with E-state index < -0.39 is 0 Å². The SMILES string of the molecule is O=C(C[C@@H]1CCCOC1)NC1CCN(c2cnccn2)CC1. The van der Waals surface area contributed by atoms with Gasteiger partial charge >= 0.3 is 0 Å². The number of piperidine rings is 1. The van der Waals surface area contributed by atoms with Crippen molar-refractivity contribution in [3.05, 3.63) is 18.6 Å². The van der Waals surface area contributed by atoms with Gasteiger partial charge in [-0.3, -0.25) is 9.78 Å². The first kappa shape index (κ1) is 15.2. The van der Waals surface area contributed by atoms with E-state index in [-0.39, 0.29) is 11.9 Å². The third-order valence-electron chi connectivity index (χ3n) is 4.46. The minimum atomic E-state index is 0.174. The highest BCUT2D eigenvalue weighted by Crippen LogP contribution is 2.19. The van der Waals surface area contributed by atoms with Crippen molar-refractivity contribution in [1.29, 1.82) is 0 Å². The van der Waals surface area contributed by atoms with Crippen molar-refractivity contribution in [2.24, 2.45) is 5.92 Å². The van der Waals surface area contributed by atoms with E-state index in [2.05, 4.69) is 20.2 Å². The molecule has 1 amide bonds. The van der Waals surface area contributed by atoms with Gasteiger partial charge in [0.05, 0.1) is 6.20 Å². The molecule has 0 unspecified atom stereocenters. The molecule has 1 aromatic rings. The molecule has 120 valence electrons. The van der Waals surface area contributed by atoms with Crippen LogP contribution in [-0.4, -0.2) is 48.2 Å². The fourth-order valence-corrected chi connectivity index (χ4v) is 3.22. The largest absolute Gasteiger partial charge is 0.381 e. The molecule has 0 spiro atoms. The van der Waals surface area contributed by atoms with E-state index >= 15 is 0 Å². The van der Waals surface area contributed by atoms with Gasteiger partial charge in [-0.1, -0.05) is 0 Å². The first-order chi connectivity index (χ1) is 10.8. The van der Waals surface area contributed by atoms with Crippen LogP contribution in [0.3, 0.4) is 0 Å². The smallest absolute Gasteiger partial charge is 0.220 e. The molecule has 6 heteroatoms. The number of rotatable bonds is 4. The second-order valence-electron chi connectivity index (χ2n) is 6.18. The van der Waals surface area contributed by atoms with Crippen LogP contribution < -0.4 is 10.2 Å². The molecule has 1 N–H and O–H groups in total. The number of hydrogen-bond donors (Lipinski definition) is 1. The first-order valence-electron chi connectivity index (χ1n) is 8.19. The van der Waals surface area contributed by atoms with Crippen molar-refractivity contribution in [2.45, 2.75) is 38.1 Å². The Morgan fingerprint density at radius 1 is 1.32 bits per heavy atom. The van der Waals surface area contributed by atoms with Gasteiger partial charge in [0, 0.05) is 51.2 Å². The fraction of sp³-hybridized carbons (Fsp3) is 0.688. The monoisotopic (exact) mass is 304 g/mol. The molecule has 6 nitrogen and oxygen atoms in total. The number of nitrogens with zero attached hydrogens (tertiary/aromatic N) is 3. The number of hydrogen-bond acceptors (Lipinski definition) is 5. The summed E-state index contributed by atoms with van der Waals surface area (Å²) in [4.78, 5) is 22.8. The van der Waals surface area contributed by atoms with Gasteiger partial charge in [-0.2, -0.15) is 0 Å². The van der Waals surface area contributed by atoms with Crippen LogP contribution in [0, 0.1) is 5.92 Å². The molecule has 2 aliphatic heterocycles. The summed E-state index contributed by atoms with van der Waals surface area (Å²) in [6, 6.07) is 0.282. The molecule has 0 bridgehead atoms. The Kier molecular flexibility index (Phi) is 5.21. The molecule has 0 aliphatic carbocycles. The number of carbonyl (C=O) groups is 1. The predicted octanol–water partition coefficient (Wildman–Crippen LogP) is 1.38. The zero-order valence-electron chi connectivity index (χ0n) is 12.9. The Labute approximate surface area is 131 Å². The number of aromatic nitrogens is 2. The molecule has 2 saturated heterocycles. The van der Waals surface area contributed by atoms with E-state index in [0.29, 0.717) is 12.3 Å². The van der Waals surface area contributed by atoms with E-state index in [1.54, 1.807) is 18.6 Å². The van der Waals surface area contributed by atoms with Gasteiger partial charge in [0.15, 0.2) is 0 Å². The molecule has 0 aromatic carbocycles. The second-order valence-corrected chi connectivity index (χ2v) is 6.18. The molecule has 3 heterocycles. The molecule has 1 aromatic heterocycles. The van der Waals surface area contributed by atoms with Crippen molar-refractivity contribution in [3.8, 4) is 0 Å². The molecule has 3 rings (SSSR count). The highest BCUT2D eigenvalue weighted by Gasteiger charge is 2.23. The summed E-state index contributed by atoms with van der Waals surface area (Å²) in [7, 11) is 0. The minimum Gasteiger partial charge on any atom is -0.381 e. The van der Waals surface area contributed by atoms with Gasteiger partial charge in [-0.15, -0.1) is 0 Å². The number of anilines is 1. The lowest BCUT2D eigenvalue weighted by atomic mass is 9.97.